The molecule has 142 valence electrons. The van der Waals surface area contributed by atoms with Gasteiger partial charge in [-0.3, -0.25) is 4.79 Å². The summed E-state index contributed by atoms with van der Waals surface area (Å²) < 4.78 is 31.5. The third-order valence-electron chi connectivity index (χ3n) is 4.27. The third-order valence-corrected chi connectivity index (χ3v) is 5.74. The number of sulfonamides is 1. The van der Waals surface area contributed by atoms with Crippen molar-refractivity contribution in [3.05, 3.63) is 29.8 Å². The normalized spacial score (nSPS) is 20.4. The summed E-state index contributed by atoms with van der Waals surface area (Å²) in [7, 11) is -2.09. The lowest BCUT2D eigenvalue weighted by Crippen LogP contribution is -2.34. The zero-order valence-electron chi connectivity index (χ0n) is 14.5. The number of methoxy groups -OCH3 is 1. The summed E-state index contributed by atoms with van der Waals surface area (Å²) in [6, 6.07) is 6.14. The van der Waals surface area contributed by atoms with E-state index in [1.54, 1.807) is 17.0 Å². The van der Waals surface area contributed by atoms with Crippen molar-refractivity contribution in [3.8, 4) is 0 Å². The first-order valence-electron chi connectivity index (χ1n) is 7.98. The summed E-state index contributed by atoms with van der Waals surface area (Å²) in [5.74, 6) is 0.239. The topological polar surface area (TPSA) is 102 Å². The number of nitrogens with zero attached hydrogens (tertiary/aromatic N) is 1. The van der Waals surface area contributed by atoms with Crippen LogP contribution in [0.25, 0.3) is 0 Å². The summed E-state index contributed by atoms with van der Waals surface area (Å²) in [6.45, 7) is 3.72. The van der Waals surface area contributed by atoms with Gasteiger partial charge in [-0.2, -0.15) is 0 Å². The summed E-state index contributed by atoms with van der Waals surface area (Å²) in [5.41, 5.74) is 6.18. The van der Waals surface area contributed by atoms with Crippen LogP contribution >= 0.6 is 12.4 Å². The molecule has 0 aromatic heterocycles. The Kier molecular flexibility index (Phi) is 8.30. The lowest BCUT2D eigenvalue weighted by atomic mass is 10.1. The fraction of sp³-hybridized carbons (Fsp3) is 0.562. The molecule has 2 unspecified atom stereocenters. The zero-order valence-corrected chi connectivity index (χ0v) is 16.1. The van der Waals surface area contributed by atoms with Crippen molar-refractivity contribution in [2.75, 3.05) is 33.4 Å². The molecule has 1 aromatic carbocycles. The molecule has 0 aliphatic carbocycles. The lowest BCUT2D eigenvalue weighted by Gasteiger charge is -2.21. The number of halogens is 1. The van der Waals surface area contributed by atoms with Gasteiger partial charge in [-0.1, -0.05) is 0 Å². The first kappa shape index (κ1) is 21.9. The molecule has 7 nitrogen and oxygen atoms in total. The van der Waals surface area contributed by atoms with Crippen molar-refractivity contribution in [3.63, 3.8) is 0 Å². The van der Waals surface area contributed by atoms with Crippen molar-refractivity contribution >= 4 is 28.3 Å². The van der Waals surface area contributed by atoms with E-state index in [1.807, 2.05) is 6.92 Å². The maximum Gasteiger partial charge on any atom is 0.254 e. The van der Waals surface area contributed by atoms with Crippen LogP contribution in [-0.2, 0) is 14.8 Å². The molecule has 1 saturated heterocycles. The highest BCUT2D eigenvalue weighted by molar-refractivity contribution is 7.89. The van der Waals surface area contributed by atoms with Gasteiger partial charge in [-0.15, -0.1) is 12.4 Å². The molecule has 2 atom stereocenters. The second-order valence-corrected chi connectivity index (χ2v) is 7.83. The van der Waals surface area contributed by atoms with E-state index in [9.17, 15) is 13.2 Å². The number of ether oxygens (including phenoxy) is 1. The molecule has 1 fully saturated rings. The molecule has 0 spiro atoms. The smallest absolute Gasteiger partial charge is 0.254 e. The molecule has 0 radical (unpaired) electrons. The predicted octanol–water partition coefficient (Wildman–Crippen LogP) is 0.842. The van der Waals surface area contributed by atoms with Gasteiger partial charge < -0.3 is 15.4 Å². The molecular formula is C16H26ClN3O4S. The Hall–Kier alpha value is -1.19. The molecular weight excluding hydrogens is 366 g/mol. The third kappa shape index (κ3) is 5.39. The number of likely N-dealkylation sites (tertiary alicyclic amines) is 1. The molecule has 1 amide bonds. The summed E-state index contributed by atoms with van der Waals surface area (Å²) in [4.78, 5) is 14.5. The van der Waals surface area contributed by atoms with E-state index >= 15 is 0 Å². The molecule has 0 bridgehead atoms. The van der Waals surface area contributed by atoms with Crippen molar-refractivity contribution in [1.29, 1.82) is 0 Å². The SMILES string of the molecule is COCCNS(=O)(=O)c1ccc(C(=O)N2CC(CN)CC2C)cc1.Cl. The summed E-state index contributed by atoms with van der Waals surface area (Å²) in [6.07, 6.45) is 0.901. The van der Waals surface area contributed by atoms with Crippen LogP contribution in [-0.4, -0.2) is 58.6 Å². The van der Waals surface area contributed by atoms with Crippen LogP contribution in [0.1, 0.15) is 23.7 Å². The van der Waals surface area contributed by atoms with E-state index in [0.717, 1.165) is 6.42 Å². The first-order chi connectivity index (χ1) is 11.4. The van der Waals surface area contributed by atoms with Crippen molar-refractivity contribution < 1.29 is 17.9 Å². The minimum atomic E-state index is -3.59. The number of hydrogen-bond donors (Lipinski definition) is 2. The Morgan fingerprint density at radius 3 is 2.52 bits per heavy atom. The summed E-state index contributed by atoms with van der Waals surface area (Å²) >= 11 is 0. The Balaban J connectivity index is 0.00000312. The first-order valence-corrected chi connectivity index (χ1v) is 9.47. The zero-order chi connectivity index (χ0) is 17.7. The fourth-order valence-electron chi connectivity index (χ4n) is 2.90. The number of nitrogens with two attached hydrogens (primary N) is 1. The monoisotopic (exact) mass is 391 g/mol. The Morgan fingerprint density at radius 2 is 2.00 bits per heavy atom. The molecule has 9 heteroatoms. The molecule has 1 heterocycles. The van der Waals surface area contributed by atoms with E-state index in [-0.39, 0.29) is 35.8 Å². The van der Waals surface area contributed by atoms with Crippen LogP contribution in [0, 0.1) is 5.92 Å². The van der Waals surface area contributed by atoms with Gasteiger partial charge in [0.15, 0.2) is 0 Å². The molecule has 3 N–H and O–H groups in total. The largest absolute Gasteiger partial charge is 0.383 e. The van der Waals surface area contributed by atoms with Gasteiger partial charge in [-0.25, -0.2) is 13.1 Å². The second kappa shape index (κ2) is 9.49. The number of carbonyl (C=O) groups is 1. The number of rotatable bonds is 7. The van der Waals surface area contributed by atoms with Crippen LogP contribution in [0.4, 0.5) is 0 Å². The molecule has 0 saturated carbocycles. The van der Waals surface area contributed by atoms with Gasteiger partial charge in [0.05, 0.1) is 11.5 Å². The minimum Gasteiger partial charge on any atom is -0.383 e. The molecule has 2 rings (SSSR count). The fourth-order valence-corrected chi connectivity index (χ4v) is 3.91. The van der Waals surface area contributed by atoms with Crippen LogP contribution in [0.2, 0.25) is 0 Å². The van der Waals surface area contributed by atoms with Gasteiger partial charge in [0.2, 0.25) is 10.0 Å². The average molecular weight is 392 g/mol. The maximum atomic E-state index is 12.6. The Morgan fingerprint density at radius 1 is 1.36 bits per heavy atom. The predicted molar refractivity (Wildman–Crippen MR) is 98.4 cm³/mol. The standard InChI is InChI=1S/C16H25N3O4S.ClH/c1-12-9-13(10-17)11-19(12)16(20)14-3-5-15(6-4-14)24(21,22)18-7-8-23-2;/h3-6,12-13,18H,7-11,17H2,1-2H3;1H. The van der Waals surface area contributed by atoms with Crippen LogP contribution in [0.3, 0.4) is 0 Å². The Labute approximate surface area is 155 Å². The molecule has 25 heavy (non-hydrogen) atoms. The number of hydrogen-bond acceptors (Lipinski definition) is 5. The number of benzene rings is 1. The average Bonchev–Trinajstić information content (AvgIpc) is 2.95. The number of nitrogens with one attached hydrogen (secondary N) is 1. The van der Waals surface area contributed by atoms with Gasteiger partial charge in [-0.05, 0) is 50.1 Å². The molecule has 1 aliphatic rings. The maximum absolute atomic E-state index is 12.6. The minimum absolute atomic E-state index is 0. The Bertz CT molecular complexity index is 666. The summed E-state index contributed by atoms with van der Waals surface area (Å²) in [5, 5.41) is 0. The van der Waals surface area contributed by atoms with Gasteiger partial charge in [0.25, 0.3) is 5.91 Å². The number of carbonyl (C=O) groups excluding carboxylic acids is 1. The van der Waals surface area contributed by atoms with E-state index < -0.39 is 10.0 Å². The van der Waals surface area contributed by atoms with Crippen LogP contribution in [0.15, 0.2) is 29.2 Å². The van der Waals surface area contributed by atoms with Gasteiger partial charge >= 0.3 is 0 Å². The van der Waals surface area contributed by atoms with Crippen LogP contribution in [0.5, 0.6) is 0 Å². The highest BCUT2D eigenvalue weighted by Gasteiger charge is 2.32. The highest BCUT2D eigenvalue weighted by atomic mass is 35.5. The highest BCUT2D eigenvalue weighted by Crippen LogP contribution is 2.24. The van der Waals surface area contributed by atoms with Crippen molar-refractivity contribution in [1.82, 2.24) is 9.62 Å². The van der Waals surface area contributed by atoms with E-state index in [1.165, 1.54) is 19.2 Å². The van der Waals surface area contributed by atoms with E-state index in [2.05, 4.69) is 4.72 Å². The van der Waals surface area contributed by atoms with Crippen molar-refractivity contribution in [2.24, 2.45) is 11.7 Å². The lowest BCUT2D eigenvalue weighted by molar-refractivity contribution is 0.0743. The van der Waals surface area contributed by atoms with E-state index in [0.29, 0.717) is 31.2 Å². The van der Waals surface area contributed by atoms with Crippen LogP contribution < -0.4 is 10.5 Å². The second-order valence-electron chi connectivity index (χ2n) is 6.06. The van der Waals surface area contributed by atoms with Gasteiger partial charge in [0, 0.05) is 31.8 Å². The number of amides is 1. The van der Waals surface area contributed by atoms with E-state index in [4.69, 9.17) is 10.5 Å². The van der Waals surface area contributed by atoms with Gasteiger partial charge in [0.1, 0.15) is 0 Å². The molecule has 1 aliphatic heterocycles. The van der Waals surface area contributed by atoms with Crippen molar-refractivity contribution in [2.45, 2.75) is 24.3 Å². The quantitative estimate of drug-likeness (QED) is 0.670. The molecule has 1 aromatic rings.